The summed E-state index contributed by atoms with van der Waals surface area (Å²) in [4.78, 5) is 4.47. The Kier molecular flexibility index (Phi) is 4.53. The molecule has 3 heteroatoms. The monoisotopic (exact) mass is 260 g/mol. The molecule has 0 bridgehead atoms. The van der Waals surface area contributed by atoms with Crippen molar-refractivity contribution in [3.63, 3.8) is 0 Å². The summed E-state index contributed by atoms with van der Waals surface area (Å²) < 4.78 is 0. The Morgan fingerprint density at radius 2 is 1.53 bits per heavy atom. The Hall–Kier alpha value is -1.42. The summed E-state index contributed by atoms with van der Waals surface area (Å²) in [7, 11) is 0. The van der Waals surface area contributed by atoms with Crippen molar-refractivity contribution in [1.82, 2.24) is 0 Å². The summed E-state index contributed by atoms with van der Waals surface area (Å²) >= 11 is 0. The Balaban J connectivity index is 2.40. The number of hydrogen-bond acceptors (Lipinski definition) is 3. The lowest BCUT2D eigenvalue weighted by Gasteiger charge is -2.13. The zero-order chi connectivity index (χ0) is 13.8. The highest BCUT2D eigenvalue weighted by Crippen LogP contribution is 2.27. The Morgan fingerprint density at radius 1 is 0.947 bits per heavy atom. The first-order chi connectivity index (χ1) is 9.19. The van der Waals surface area contributed by atoms with Crippen LogP contribution in [0.3, 0.4) is 0 Å². The maximum atomic E-state index is 9.85. The highest BCUT2D eigenvalue weighted by molar-refractivity contribution is 5.84. The quantitative estimate of drug-likeness (QED) is 0.625. The number of aliphatic hydroxyl groups excluding tert-OH is 1. The average Bonchev–Trinajstić information content (AvgIpc) is 2.47. The largest absolute Gasteiger partial charge is 0.388 e. The molecule has 2 rings (SSSR count). The van der Waals surface area contributed by atoms with Crippen molar-refractivity contribution in [2.24, 2.45) is 0 Å². The lowest BCUT2D eigenvalue weighted by atomic mass is 9.98. The average molecular weight is 260 g/mol. The Labute approximate surface area is 113 Å². The zero-order valence-electron chi connectivity index (χ0n) is 11.3. The minimum atomic E-state index is -0.409. The summed E-state index contributed by atoms with van der Waals surface area (Å²) in [5.74, 6) is 0. The first-order valence-electron chi connectivity index (χ1n) is 6.71. The standard InChI is InChI=1S/C16H20O3/c1-3-15(17)13-7-5-12-10-14(16(4-2)19-18)8-6-11(12)9-13/h5-10,15-18H,3-4H2,1-2H3. The first kappa shape index (κ1) is 14.0. The topological polar surface area (TPSA) is 49.7 Å². The molecule has 2 aromatic carbocycles. The molecule has 0 aliphatic rings. The number of fused-ring (bicyclic) bond motifs is 1. The lowest BCUT2D eigenvalue weighted by molar-refractivity contribution is -0.282. The molecule has 0 heterocycles. The van der Waals surface area contributed by atoms with E-state index >= 15 is 0 Å². The van der Waals surface area contributed by atoms with Crippen LogP contribution in [0.4, 0.5) is 0 Å². The van der Waals surface area contributed by atoms with E-state index in [1.165, 1.54) is 0 Å². The molecule has 2 atom stereocenters. The zero-order valence-corrected chi connectivity index (χ0v) is 11.3. The predicted octanol–water partition coefficient (Wildman–Crippen LogP) is 4.22. The molecule has 19 heavy (non-hydrogen) atoms. The van der Waals surface area contributed by atoms with Crippen LogP contribution in [0.25, 0.3) is 10.8 Å². The molecule has 0 spiro atoms. The van der Waals surface area contributed by atoms with Gasteiger partial charge in [0.15, 0.2) is 0 Å². The van der Waals surface area contributed by atoms with Crippen LogP contribution < -0.4 is 0 Å². The van der Waals surface area contributed by atoms with Crippen molar-refractivity contribution in [3.05, 3.63) is 47.5 Å². The molecule has 2 aromatic rings. The summed E-state index contributed by atoms with van der Waals surface area (Å²) in [6.45, 7) is 3.92. The van der Waals surface area contributed by atoms with Gasteiger partial charge in [0.05, 0.1) is 6.10 Å². The molecule has 0 saturated carbocycles. The predicted molar refractivity (Wildman–Crippen MR) is 75.9 cm³/mol. The third kappa shape index (κ3) is 2.95. The highest BCUT2D eigenvalue weighted by Gasteiger charge is 2.11. The maximum absolute atomic E-state index is 9.85. The van der Waals surface area contributed by atoms with E-state index < -0.39 is 6.10 Å². The van der Waals surface area contributed by atoms with Gasteiger partial charge in [-0.2, -0.15) is 0 Å². The van der Waals surface area contributed by atoms with E-state index in [1.807, 2.05) is 50.2 Å². The lowest BCUT2D eigenvalue weighted by Crippen LogP contribution is -2.00. The summed E-state index contributed by atoms with van der Waals surface area (Å²) in [6.07, 6.45) is 0.729. The normalized spacial score (nSPS) is 14.5. The van der Waals surface area contributed by atoms with Crippen LogP contribution in [0.1, 0.15) is 50.0 Å². The fourth-order valence-corrected chi connectivity index (χ4v) is 2.30. The fourth-order valence-electron chi connectivity index (χ4n) is 2.30. The van der Waals surface area contributed by atoms with Gasteiger partial charge in [-0.15, -0.1) is 0 Å². The van der Waals surface area contributed by atoms with Gasteiger partial charge in [-0.1, -0.05) is 38.1 Å². The summed E-state index contributed by atoms with van der Waals surface area (Å²) in [5, 5.41) is 20.9. The van der Waals surface area contributed by atoms with Crippen molar-refractivity contribution in [1.29, 1.82) is 0 Å². The van der Waals surface area contributed by atoms with Gasteiger partial charge >= 0.3 is 0 Å². The fraction of sp³-hybridized carbons (Fsp3) is 0.375. The van der Waals surface area contributed by atoms with Crippen LogP contribution in [0.5, 0.6) is 0 Å². The number of rotatable bonds is 5. The van der Waals surface area contributed by atoms with Gasteiger partial charge in [-0.25, -0.2) is 4.89 Å². The number of hydrogen-bond donors (Lipinski definition) is 2. The highest BCUT2D eigenvalue weighted by atomic mass is 17.1. The van der Waals surface area contributed by atoms with E-state index in [-0.39, 0.29) is 6.10 Å². The van der Waals surface area contributed by atoms with Crippen molar-refractivity contribution in [2.75, 3.05) is 0 Å². The van der Waals surface area contributed by atoms with E-state index in [0.29, 0.717) is 12.8 Å². The van der Waals surface area contributed by atoms with E-state index in [1.54, 1.807) is 0 Å². The van der Waals surface area contributed by atoms with Crippen LogP contribution in [0.15, 0.2) is 36.4 Å². The smallest absolute Gasteiger partial charge is 0.117 e. The van der Waals surface area contributed by atoms with Crippen LogP contribution >= 0.6 is 0 Å². The van der Waals surface area contributed by atoms with Gasteiger partial charge in [-0.3, -0.25) is 5.26 Å². The molecule has 0 radical (unpaired) electrons. The molecule has 0 fully saturated rings. The molecule has 0 aliphatic carbocycles. The third-order valence-corrected chi connectivity index (χ3v) is 3.53. The van der Waals surface area contributed by atoms with Crippen LogP contribution in [0.2, 0.25) is 0 Å². The van der Waals surface area contributed by atoms with Crippen molar-refractivity contribution < 1.29 is 15.3 Å². The van der Waals surface area contributed by atoms with Gasteiger partial charge in [0.1, 0.15) is 6.10 Å². The molecule has 0 aliphatic heterocycles. The van der Waals surface area contributed by atoms with E-state index in [4.69, 9.17) is 5.26 Å². The Morgan fingerprint density at radius 3 is 2.05 bits per heavy atom. The van der Waals surface area contributed by atoms with Crippen molar-refractivity contribution in [2.45, 2.75) is 38.9 Å². The molecule has 2 N–H and O–H groups in total. The van der Waals surface area contributed by atoms with Crippen molar-refractivity contribution >= 4 is 10.8 Å². The Bertz CT molecular complexity index is 547. The molecule has 3 nitrogen and oxygen atoms in total. The first-order valence-corrected chi connectivity index (χ1v) is 6.71. The van der Waals surface area contributed by atoms with Gasteiger partial charge in [-0.05, 0) is 46.9 Å². The molecular formula is C16H20O3. The van der Waals surface area contributed by atoms with E-state index in [9.17, 15) is 5.11 Å². The van der Waals surface area contributed by atoms with Gasteiger partial charge in [0.25, 0.3) is 0 Å². The summed E-state index contributed by atoms with van der Waals surface area (Å²) in [6, 6.07) is 11.9. The molecule has 2 unspecified atom stereocenters. The minimum Gasteiger partial charge on any atom is -0.388 e. The third-order valence-electron chi connectivity index (χ3n) is 3.53. The summed E-state index contributed by atoms with van der Waals surface area (Å²) in [5.41, 5.74) is 1.90. The van der Waals surface area contributed by atoms with Gasteiger partial charge in [0.2, 0.25) is 0 Å². The van der Waals surface area contributed by atoms with Gasteiger partial charge in [0, 0.05) is 0 Å². The van der Waals surface area contributed by atoms with Crippen molar-refractivity contribution in [3.8, 4) is 0 Å². The second kappa shape index (κ2) is 6.15. The molecule has 0 amide bonds. The second-order valence-corrected chi connectivity index (χ2v) is 4.79. The second-order valence-electron chi connectivity index (χ2n) is 4.79. The maximum Gasteiger partial charge on any atom is 0.117 e. The molecular weight excluding hydrogens is 240 g/mol. The van der Waals surface area contributed by atoms with Crippen LogP contribution in [-0.2, 0) is 4.89 Å². The minimum absolute atomic E-state index is 0.287. The SMILES string of the molecule is CCC(O)c1ccc2cc(C(CC)OO)ccc2c1. The van der Waals surface area contributed by atoms with E-state index in [0.717, 1.165) is 21.9 Å². The molecule has 102 valence electrons. The van der Waals surface area contributed by atoms with E-state index in [2.05, 4.69) is 4.89 Å². The molecule has 0 aromatic heterocycles. The number of aliphatic hydroxyl groups is 1. The van der Waals surface area contributed by atoms with Gasteiger partial charge < -0.3 is 5.11 Å². The number of benzene rings is 2. The van der Waals surface area contributed by atoms with Crippen LogP contribution in [-0.4, -0.2) is 10.4 Å². The molecule has 0 saturated heterocycles. The van der Waals surface area contributed by atoms with Crippen LogP contribution in [0, 0.1) is 0 Å².